The van der Waals surface area contributed by atoms with Crippen LogP contribution in [0.1, 0.15) is 139 Å². The third-order valence-corrected chi connectivity index (χ3v) is 6.42. The minimum absolute atomic E-state index is 0.176. The minimum Gasteiger partial charge on any atom is -0.444 e. The van der Waals surface area contributed by atoms with Gasteiger partial charge in [0, 0.05) is 0 Å². The molecule has 0 bridgehead atoms. The van der Waals surface area contributed by atoms with Crippen molar-refractivity contribution in [3.05, 3.63) is 12.2 Å². The zero-order valence-electron chi connectivity index (χ0n) is 26.3. The summed E-state index contributed by atoms with van der Waals surface area (Å²) in [5, 5.41) is 11.2. The molecule has 1 fully saturated rings. The molecular formula is C31H57N3O5. The molecule has 0 aromatic rings. The molecule has 1 rings (SSSR count). The lowest BCUT2D eigenvalue weighted by Gasteiger charge is -2.35. The summed E-state index contributed by atoms with van der Waals surface area (Å²) >= 11 is 0. The van der Waals surface area contributed by atoms with E-state index < -0.39 is 41.3 Å². The minimum atomic E-state index is -1.04. The van der Waals surface area contributed by atoms with Crippen molar-refractivity contribution in [3.63, 3.8) is 0 Å². The Morgan fingerprint density at radius 1 is 0.872 bits per heavy atom. The highest BCUT2D eigenvalue weighted by molar-refractivity contribution is 5.99. The van der Waals surface area contributed by atoms with E-state index in [4.69, 9.17) is 19.6 Å². The second-order valence-corrected chi connectivity index (χ2v) is 13.1. The van der Waals surface area contributed by atoms with Gasteiger partial charge in [-0.2, -0.15) is 0 Å². The van der Waals surface area contributed by atoms with Crippen LogP contribution < -0.4 is 5.32 Å². The van der Waals surface area contributed by atoms with Gasteiger partial charge in [0.25, 0.3) is 0 Å². The van der Waals surface area contributed by atoms with Crippen LogP contribution in [-0.2, 0) is 14.2 Å². The molecular weight excluding hydrogens is 494 g/mol. The zero-order valence-corrected chi connectivity index (χ0v) is 26.3. The highest BCUT2D eigenvalue weighted by Crippen LogP contribution is 2.35. The van der Waals surface area contributed by atoms with Gasteiger partial charge in [-0.1, -0.05) is 83.3 Å². The number of hydrogen-bond acceptors (Lipinski definition) is 6. The van der Waals surface area contributed by atoms with E-state index in [1.807, 2.05) is 6.08 Å². The molecule has 1 heterocycles. The topological polar surface area (TPSA) is 101 Å². The van der Waals surface area contributed by atoms with Crippen LogP contribution in [0.5, 0.6) is 0 Å². The molecule has 1 aliphatic heterocycles. The highest BCUT2D eigenvalue weighted by Gasteiger charge is 2.52. The lowest BCUT2D eigenvalue weighted by atomic mass is 10.0. The van der Waals surface area contributed by atoms with Crippen molar-refractivity contribution in [2.45, 2.75) is 168 Å². The molecule has 0 spiro atoms. The summed E-state index contributed by atoms with van der Waals surface area (Å²) in [6.07, 6.45) is 17.1. The van der Waals surface area contributed by atoms with E-state index in [0.29, 0.717) is 0 Å². The van der Waals surface area contributed by atoms with E-state index in [1.165, 1.54) is 69.1 Å². The molecule has 8 nitrogen and oxygen atoms in total. The van der Waals surface area contributed by atoms with E-state index in [2.05, 4.69) is 18.3 Å². The van der Waals surface area contributed by atoms with Gasteiger partial charge in [0.1, 0.15) is 34.9 Å². The van der Waals surface area contributed by atoms with Crippen molar-refractivity contribution in [3.8, 4) is 0 Å². The van der Waals surface area contributed by atoms with Gasteiger partial charge in [-0.25, -0.2) is 9.59 Å². The zero-order chi connectivity index (χ0) is 29.7. The Morgan fingerprint density at radius 3 is 1.85 bits per heavy atom. The molecule has 2 N–H and O–H groups in total. The van der Waals surface area contributed by atoms with Gasteiger partial charge >= 0.3 is 12.2 Å². The summed E-state index contributed by atoms with van der Waals surface area (Å²) in [5.41, 5.74) is -2.48. The first-order chi connectivity index (χ1) is 18.1. The first-order valence-electron chi connectivity index (χ1n) is 15.0. The molecule has 0 radical (unpaired) electrons. The van der Waals surface area contributed by atoms with Gasteiger partial charge in [-0.15, -0.1) is 0 Å². The molecule has 2 unspecified atom stereocenters. The average Bonchev–Trinajstić information content (AvgIpc) is 3.04. The van der Waals surface area contributed by atoms with Crippen LogP contribution >= 0.6 is 0 Å². The van der Waals surface area contributed by atoms with E-state index in [1.54, 1.807) is 55.4 Å². The molecule has 8 heteroatoms. The molecule has 39 heavy (non-hydrogen) atoms. The van der Waals surface area contributed by atoms with Crippen molar-refractivity contribution in [1.29, 1.82) is 5.41 Å². The summed E-state index contributed by atoms with van der Waals surface area (Å²) in [4.78, 5) is 27.0. The number of nitrogens with one attached hydrogen (secondary N) is 2. The molecule has 0 aliphatic carbocycles. The number of ether oxygens (including phenoxy) is 3. The Labute approximate surface area is 238 Å². The third-order valence-electron chi connectivity index (χ3n) is 6.42. The molecule has 2 atom stereocenters. The van der Waals surface area contributed by atoms with Crippen LogP contribution in [0.4, 0.5) is 9.59 Å². The summed E-state index contributed by atoms with van der Waals surface area (Å²) in [5.74, 6) is -0.176. The van der Waals surface area contributed by atoms with Crippen LogP contribution in [-0.4, -0.2) is 52.0 Å². The second kappa shape index (κ2) is 16.2. The van der Waals surface area contributed by atoms with Gasteiger partial charge in [0.05, 0.1) is 0 Å². The number of rotatable bonds is 14. The normalized spacial score (nSPS) is 19.4. The Balaban J connectivity index is 2.73. The summed E-state index contributed by atoms with van der Waals surface area (Å²) in [6.45, 7) is 16.4. The van der Waals surface area contributed by atoms with E-state index >= 15 is 0 Å². The van der Waals surface area contributed by atoms with Crippen molar-refractivity contribution in [1.82, 2.24) is 10.2 Å². The third kappa shape index (κ3) is 14.2. The molecule has 1 aliphatic rings. The van der Waals surface area contributed by atoms with Gasteiger partial charge in [-0.3, -0.25) is 15.6 Å². The van der Waals surface area contributed by atoms with Crippen LogP contribution in [0.25, 0.3) is 0 Å². The van der Waals surface area contributed by atoms with Gasteiger partial charge in [-0.05, 0) is 68.2 Å². The van der Waals surface area contributed by atoms with Crippen LogP contribution in [0.3, 0.4) is 0 Å². The first kappa shape index (κ1) is 34.9. The second-order valence-electron chi connectivity index (χ2n) is 13.1. The van der Waals surface area contributed by atoms with Crippen molar-refractivity contribution in [2.75, 3.05) is 0 Å². The maximum Gasteiger partial charge on any atom is 0.413 e. The molecule has 0 aromatic carbocycles. The van der Waals surface area contributed by atoms with Gasteiger partial charge < -0.3 is 14.2 Å². The average molecular weight is 552 g/mol. The lowest BCUT2D eigenvalue weighted by molar-refractivity contribution is -0.0707. The summed E-state index contributed by atoms with van der Waals surface area (Å²) in [7, 11) is 0. The number of carbonyl (C=O) groups is 2. The van der Waals surface area contributed by atoms with Crippen molar-refractivity contribution in [2.24, 2.45) is 0 Å². The molecule has 226 valence electrons. The Morgan fingerprint density at radius 2 is 1.36 bits per heavy atom. The van der Waals surface area contributed by atoms with Crippen LogP contribution in [0.2, 0.25) is 0 Å². The molecule has 1 saturated heterocycles. The van der Waals surface area contributed by atoms with Gasteiger partial charge in [0.2, 0.25) is 0 Å². The van der Waals surface area contributed by atoms with Crippen molar-refractivity contribution < 1.29 is 23.8 Å². The number of carbonyl (C=O) groups excluding carboxylic acids is 2. The molecule has 0 aromatic heterocycles. The summed E-state index contributed by atoms with van der Waals surface area (Å²) in [6, 6.07) is -0.865. The molecule has 0 saturated carbocycles. The number of alkyl carbamates (subject to hydrolysis) is 1. The standard InChI is InChI=1S/C31H57N3O5/c1-10-11-12-13-14-15-16-17-18-19-20-21-22-23-24-25(26(32)33-27(35)38-29(2,3)4)34(31(8,9)37-24)28(36)39-30(5,6)7/h22-25H,10-21H2,1-9H3,(H2,32,33,35)/b23-22+. The number of nitrogens with zero attached hydrogens (tertiary/aromatic N) is 1. The van der Waals surface area contributed by atoms with E-state index in [9.17, 15) is 9.59 Å². The SMILES string of the molecule is CCCCCCCCCCCCC/C=C/C1OC(C)(C)N(C(=O)OC(C)(C)C)C1C(=N)NC(=O)OC(C)(C)C. The number of allylic oxidation sites excluding steroid dienone is 1. The Kier molecular flexibility index (Phi) is 14.5. The fraction of sp³-hybridized carbons (Fsp3) is 0.839. The summed E-state index contributed by atoms with van der Waals surface area (Å²) < 4.78 is 17.2. The first-order valence-corrected chi connectivity index (χ1v) is 15.0. The molecule has 2 amide bonds. The lowest BCUT2D eigenvalue weighted by Crippen LogP contribution is -2.56. The maximum absolute atomic E-state index is 13.2. The Hall–Kier alpha value is -2.09. The van der Waals surface area contributed by atoms with Crippen LogP contribution in [0, 0.1) is 5.41 Å². The quantitative estimate of drug-likeness (QED) is 0.0975. The predicted molar refractivity (Wildman–Crippen MR) is 158 cm³/mol. The number of hydrogen-bond donors (Lipinski definition) is 2. The fourth-order valence-electron chi connectivity index (χ4n) is 4.66. The van der Waals surface area contributed by atoms with Crippen molar-refractivity contribution >= 4 is 18.0 Å². The van der Waals surface area contributed by atoms with E-state index in [0.717, 1.165) is 12.8 Å². The fourth-order valence-corrected chi connectivity index (χ4v) is 4.66. The predicted octanol–water partition coefficient (Wildman–Crippen LogP) is 8.49. The van der Waals surface area contributed by atoms with E-state index in [-0.39, 0.29) is 5.84 Å². The number of amides is 2. The van der Waals surface area contributed by atoms with Gasteiger partial charge in [0.15, 0.2) is 0 Å². The smallest absolute Gasteiger partial charge is 0.413 e. The maximum atomic E-state index is 13.2. The highest BCUT2D eigenvalue weighted by atomic mass is 16.6. The Bertz CT molecular complexity index is 795. The monoisotopic (exact) mass is 551 g/mol. The number of amidine groups is 1. The largest absolute Gasteiger partial charge is 0.444 e. The van der Waals surface area contributed by atoms with Crippen LogP contribution in [0.15, 0.2) is 12.2 Å². The number of unbranched alkanes of at least 4 members (excludes halogenated alkanes) is 11.